The fourth-order valence-corrected chi connectivity index (χ4v) is 1.19. The lowest BCUT2D eigenvalue weighted by Gasteiger charge is -2.08. The van der Waals surface area contributed by atoms with Crippen LogP contribution >= 0.6 is 11.6 Å². The normalized spacial score (nSPS) is 12.6. The maximum Gasteiger partial charge on any atom is 0.387 e. The van der Waals surface area contributed by atoms with Gasteiger partial charge in [0.1, 0.15) is 5.75 Å². The zero-order valence-electron chi connectivity index (χ0n) is 7.91. The largest absolute Gasteiger partial charge is 0.435 e. The van der Waals surface area contributed by atoms with Crippen LogP contribution in [-0.2, 0) is 4.79 Å². The predicted octanol–water partition coefficient (Wildman–Crippen LogP) is 3.16. The van der Waals surface area contributed by atoms with Crippen molar-refractivity contribution in [2.24, 2.45) is 0 Å². The molecule has 0 bridgehead atoms. The van der Waals surface area contributed by atoms with Crippen molar-refractivity contribution in [1.29, 1.82) is 0 Å². The molecule has 0 fully saturated rings. The van der Waals surface area contributed by atoms with Crippen molar-refractivity contribution in [3.8, 4) is 5.75 Å². The third kappa shape index (κ3) is 3.47. The maximum absolute atomic E-state index is 11.8. The zero-order valence-corrected chi connectivity index (χ0v) is 8.67. The lowest BCUT2D eigenvalue weighted by atomic mass is 10.0. The van der Waals surface area contributed by atoms with Crippen LogP contribution in [0.3, 0.4) is 0 Å². The number of carbonyl (C=O) groups is 1. The van der Waals surface area contributed by atoms with E-state index >= 15 is 0 Å². The Hall–Kier alpha value is -1.16. The fourth-order valence-electron chi connectivity index (χ4n) is 1.07. The summed E-state index contributed by atoms with van der Waals surface area (Å²) in [6.07, 6.45) is 0. The van der Waals surface area contributed by atoms with E-state index in [0.717, 1.165) is 0 Å². The van der Waals surface area contributed by atoms with Crippen molar-refractivity contribution in [2.75, 3.05) is 0 Å². The molecule has 0 saturated heterocycles. The molecule has 5 heteroatoms. The number of rotatable bonds is 4. The molecule has 15 heavy (non-hydrogen) atoms. The Balaban J connectivity index is 2.76. The van der Waals surface area contributed by atoms with E-state index in [0.29, 0.717) is 5.56 Å². The third-order valence-electron chi connectivity index (χ3n) is 1.95. The van der Waals surface area contributed by atoms with E-state index in [-0.39, 0.29) is 5.75 Å². The van der Waals surface area contributed by atoms with Gasteiger partial charge in [-0.1, -0.05) is 19.1 Å². The number of hydrogen-bond donors (Lipinski definition) is 0. The number of carbonyl (C=O) groups excluding carboxylic acids is 1. The van der Waals surface area contributed by atoms with E-state index in [1.807, 2.05) is 0 Å². The van der Waals surface area contributed by atoms with Crippen LogP contribution in [0.2, 0.25) is 0 Å². The predicted molar refractivity (Wildman–Crippen MR) is 52.3 cm³/mol. The average molecular weight is 235 g/mol. The first kappa shape index (κ1) is 11.9. The molecular weight excluding hydrogens is 226 g/mol. The van der Waals surface area contributed by atoms with Crippen LogP contribution in [0, 0.1) is 0 Å². The summed E-state index contributed by atoms with van der Waals surface area (Å²) in [7, 11) is 0. The Morgan fingerprint density at radius 1 is 1.33 bits per heavy atom. The van der Waals surface area contributed by atoms with Crippen LogP contribution in [0.1, 0.15) is 18.4 Å². The second-order valence-electron chi connectivity index (χ2n) is 2.97. The summed E-state index contributed by atoms with van der Waals surface area (Å²) in [6, 6.07) is 5.81. The van der Waals surface area contributed by atoms with Gasteiger partial charge in [0.05, 0.1) is 5.92 Å². The summed E-state index contributed by atoms with van der Waals surface area (Å²) in [5.74, 6) is -0.393. The maximum atomic E-state index is 11.8. The van der Waals surface area contributed by atoms with Gasteiger partial charge in [-0.05, 0) is 29.3 Å². The van der Waals surface area contributed by atoms with Gasteiger partial charge in [0.15, 0.2) is 0 Å². The molecule has 1 atom stereocenters. The highest BCUT2D eigenvalue weighted by atomic mass is 35.5. The number of alkyl halides is 2. The number of benzene rings is 1. The van der Waals surface area contributed by atoms with E-state index in [2.05, 4.69) is 4.74 Å². The van der Waals surface area contributed by atoms with Crippen molar-refractivity contribution in [2.45, 2.75) is 19.5 Å². The molecule has 2 nitrogen and oxygen atoms in total. The molecule has 0 spiro atoms. The van der Waals surface area contributed by atoms with E-state index < -0.39 is 17.8 Å². The third-order valence-corrected chi connectivity index (χ3v) is 2.27. The van der Waals surface area contributed by atoms with E-state index in [4.69, 9.17) is 11.6 Å². The first-order chi connectivity index (χ1) is 7.00. The molecule has 0 aliphatic rings. The monoisotopic (exact) mass is 234 g/mol. The summed E-state index contributed by atoms with van der Waals surface area (Å²) < 4.78 is 27.8. The summed E-state index contributed by atoms with van der Waals surface area (Å²) in [6.45, 7) is -1.21. The molecule has 0 aliphatic heterocycles. The lowest BCUT2D eigenvalue weighted by Crippen LogP contribution is -2.04. The highest BCUT2D eigenvalue weighted by Gasteiger charge is 2.12. The number of halogens is 3. The molecule has 0 aromatic heterocycles. The minimum absolute atomic E-state index is 0.0583. The molecule has 0 heterocycles. The van der Waals surface area contributed by atoms with Gasteiger partial charge in [-0.15, -0.1) is 0 Å². The van der Waals surface area contributed by atoms with Crippen molar-refractivity contribution in [3.05, 3.63) is 29.8 Å². The van der Waals surface area contributed by atoms with Gasteiger partial charge in [0, 0.05) is 0 Å². The standard InChI is InChI=1S/C10H9ClF2O2/c1-6(9(11)14)7-2-4-8(5-3-7)15-10(12)13/h2-6,10H,1H3. The van der Waals surface area contributed by atoms with Crippen molar-refractivity contribution < 1.29 is 18.3 Å². The Kier molecular flexibility index (Phi) is 4.03. The first-order valence-corrected chi connectivity index (χ1v) is 4.62. The summed E-state index contributed by atoms with van der Waals surface area (Å²) in [5, 5.41) is -0.488. The molecule has 82 valence electrons. The lowest BCUT2D eigenvalue weighted by molar-refractivity contribution is -0.112. The average Bonchev–Trinajstić information content (AvgIpc) is 2.17. The summed E-state index contributed by atoms with van der Waals surface area (Å²) in [4.78, 5) is 10.8. The van der Waals surface area contributed by atoms with Crippen LogP contribution in [0.25, 0.3) is 0 Å². The number of hydrogen-bond acceptors (Lipinski definition) is 2. The van der Waals surface area contributed by atoms with Crippen LogP contribution in [-0.4, -0.2) is 11.9 Å². The minimum atomic E-state index is -2.84. The van der Waals surface area contributed by atoms with Crippen LogP contribution in [0.15, 0.2) is 24.3 Å². The van der Waals surface area contributed by atoms with Gasteiger partial charge in [0.2, 0.25) is 5.24 Å². The molecule has 1 aromatic carbocycles. The van der Waals surface area contributed by atoms with E-state index in [9.17, 15) is 13.6 Å². The Labute approximate surface area is 90.8 Å². The fraction of sp³-hybridized carbons (Fsp3) is 0.300. The highest BCUT2D eigenvalue weighted by molar-refractivity contribution is 6.64. The second-order valence-corrected chi connectivity index (χ2v) is 3.35. The van der Waals surface area contributed by atoms with Crippen molar-refractivity contribution in [1.82, 2.24) is 0 Å². The molecule has 0 N–H and O–H groups in total. The Morgan fingerprint density at radius 2 is 1.87 bits per heavy atom. The Morgan fingerprint density at radius 3 is 2.27 bits per heavy atom. The number of ether oxygens (including phenoxy) is 1. The topological polar surface area (TPSA) is 26.3 Å². The van der Waals surface area contributed by atoms with Gasteiger partial charge in [-0.25, -0.2) is 0 Å². The molecule has 1 rings (SSSR count). The van der Waals surface area contributed by atoms with Crippen LogP contribution in [0.5, 0.6) is 5.75 Å². The van der Waals surface area contributed by atoms with Crippen LogP contribution < -0.4 is 4.74 Å². The highest BCUT2D eigenvalue weighted by Crippen LogP contribution is 2.21. The SMILES string of the molecule is CC(C(=O)Cl)c1ccc(OC(F)F)cc1. The smallest absolute Gasteiger partial charge is 0.387 e. The molecular formula is C10H9ClF2O2. The van der Waals surface area contributed by atoms with Crippen LogP contribution in [0.4, 0.5) is 8.78 Å². The van der Waals surface area contributed by atoms with Gasteiger partial charge in [0.25, 0.3) is 0 Å². The van der Waals surface area contributed by atoms with E-state index in [1.165, 1.54) is 24.3 Å². The van der Waals surface area contributed by atoms with Gasteiger partial charge in [-0.2, -0.15) is 8.78 Å². The van der Waals surface area contributed by atoms with Crippen molar-refractivity contribution in [3.63, 3.8) is 0 Å². The van der Waals surface area contributed by atoms with Gasteiger partial charge < -0.3 is 4.74 Å². The summed E-state index contributed by atoms with van der Waals surface area (Å²) in [5.41, 5.74) is 0.664. The zero-order chi connectivity index (χ0) is 11.4. The van der Waals surface area contributed by atoms with Gasteiger partial charge in [-0.3, -0.25) is 4.79 Å². The Bertz CT molecular complexity index is 338. The summed E-state index contributed by atoms with van der Waals surface area (Å²) >= 11 is 5.30. The molecule has 0 aliphatic carbocycles. The quantitative estimate of drug-likeness (QED) is 0.748. The molecule has 0 saturated carbocycles. The van der Waals surface area contributed by atoms with E-state index in [1.54, 1.807) is 6.92 Å². The molecule has 0 radical (unpaired) electrons. The minimum Gasteiger partial charge on any atom is -0.435 e. The second kappa shape index (κ2) is 5.07. The first-order valence-electron chi connectivity index (χ1n) is 4.25. The molecule has 1 unspecified atom stereocenters. The van der Waals surface area contributed by atoms with Crippen molar-refractivity contribution >= 4 is 16.8 Å². The molecule has 0 amide bonds. The van der Waals surface area contributed by atoms with Gasteiger partial charge >= 0.3 is 6.61 Å². The molecule has 1 aromatic rings.